The van der Waals surface area contributed by atoms with Gasteiger partial charge in [-0.25, -0.2) is 4.98 Å². The molecule has 0 aliphatic rings. The number of ether oxygens (including phenoxy) is 1. The van der Waals surface area contributed by atoms with Crippen molar-refractivity contribution in [3.8, 4) is 0 Å². The van der Waals surface area contributed by atoms with E-state index in [9.17, 15) is 0 Å². The molecule has 2 heterocycles. The summed E-state index contributed by atoms with van der Waals surface area (Å²) in [5.41, 5.74) is 1.26. The van der Waals surface area contributed by atoms with Gasteiger partial charge in [-0.05, 0) is 45.4 Å². The van der Waals surface area contributed by atoms with Gasteiger partial charge < -0.3 is 9.30 Å². The van der Waals surface area contributed by atoms with Crippen molar-refractivity contribution >= 4 is 69.2 Å². The Morgan fingerprint density at radius 1 is 1.48 bits per heavy atom. The molecule has 116 valence electrons. The highest BCUT2D eigenvalue weighted by molar-refractivity contribution is 14.1. The second kappa shape index (κ2) is 6.86. The molecule has 2 rings (SSSR count). The predicted octanol–water partition coefficient (Wildman–Crippen LogP) is 5.34. The minimum absolute atomic E-state index is 0.351. The van der Waals surface area contributed by atoms with Crippen molar-refractivity contribution in [1.82, 2.24) is 9.55 Å². The van der Waals surface area contributed by atoms with Crippen LogP contribution in [-0.4, -0.2) is 30.0 Å². The smallest absolute Gasteiger partial charge is 0.142 e. The first-order valence-electron chi connectivity index (χ1n) is 6.81. The molecule has 7 heteroatoms. The van der Waals surface area contributed by atoms with Gasteiger partial charge in [0.2, 0.25) is 0 Å². The maximum absolute atomic E-state index is 6.36. The number of rotatable bonds is 5. The van der Waals surface area contributed by atoms with Crippen molar-refractivity contribution in [2.24, 2.45) is 0 Å². The average molecular weight is 502 g/mol. The van der Waals surface area contributed by atoms with Crippen LogP contribution in [0.15, 0.2) is 16.9 Å². The highest BCUT2D eigenvalue weighted by Crippen LogP contribution is 2.33. The van der Waals surface area contributed by atoms with Crippen molar-refractivity contribution < 1.29 is 4.74 Å². The first kappa shape index (κ1) is 17.7. The van der Waals surface area contributed by atoms with E-state index in [0.717, 1.165) is 30.6 Å². The third kappa shape index (κ3) is 4.02. The minimum atomic E-state index is -1.24. The van der Waals surface area contributed by atoms with Crippen LogP contribution in [0.5, 0.6) is 0 Å². The van der Waals surface area contributed by atoms with E-state index in [1.54, 1.807) is 6.20 Å². The SMILES string of the molecule is CC(OCCn1cc(I)c2c(Cl)c(Br)cnc21)[Si](C)(C)C. The van der Waals surface area contributed by atoms with Gasteiger partial charge in [-0.2, -0.15) is 0 Å². The predicted molar refractivity (Wildman–Crippen MR) is 104 cm³/mol. The zero-order chi connectivity index (χ0) is 15.8. The quantitative estimate of drug-likeness (QED) is 0.409. The average Bonchev–Trinajstić information content (AvgIpc) is 2.70. The molecule has 1 unspecified atom stereocenters. The zero-order valence-electron chi connectivity index (χ0n) is 12.6. The van der Waals surface area contributed by atoms with Gasteiger partial charge in [0.05, 0.1) is 29.6 Å². The molecule has 0 aliphatic heterocycles. The Bertz CT molecular complexity index is 656. The number of nitrogens with zero attached hydrogens (tertiary/aromatic N) is 2. The van der Waals surface area contributed by atoms with E-state index in [1.807, 2.05) is 0 Å². The van der Waals surface area contributed by atoms with E-state index in [4.69, 9.17) is 16.3 Å². The lowest BCUT2D eigenvalue weighted by Gasteiger charge is -2.25. The highest BCUT2D eigenvalue weighted by atomic mass is 127. The van der Waals surface area contributed by atoms with E-state index >= 15 is 0 Å². The molecular formula is C14H19BrClIN2OSi. The second-order valence-corrected chi connectivity index (χ2v) is 14.1. The van der Waals surface area contributed by atoms with Crippen LogP contribution < -0.4 is 0 Å². The molecule has 0 bridgehead atoms. The summed E-state index contributed by atoms with van der Waals surface area (Å²) < 4.78 is 10.0. The molecule has 2 aromatic rings. The van der Waals surface area contributed by atoms with Crippen LogP contribution in [0.2, 0.25) is 24.7 Å². The standard InChI is InChI=1S/C14H19BrClIN2OSi/c1-9(21(2,3)4)20-6-5-19-8-11(17)12-13(16)10(15)7-18-14(12)19/h7-9H,5-6H2,1-4H3. The van der Waals surface area contributed by atoms with Gasteiger partial charge in [0.25, 0.3) is 0 Å². The van der Waals surface area contributed by atoms with Crippen LogP contribution in [0, 0.1) is 3.57 Å². The monoisotopic (exact) mass is 500 g/mol. The molecular weight excluding hydrogens is 483 g/mol. The van der Waals surface area contributed by atoms with Crippen molar-refractivity contribution in [2.75, 3.05) is 6.61 Å². The van der Waals surface area contributed by atoms with Crippen molar-refractivity contribution in [2.45, 2.75) is 38.8 Å². The summed E-state index contributed by atoms with van der Waals surface area (Å²) in [6, 6.07) is 0. The Kier molecular flexibility index (Phi) is 5.79. The molecule has 0 saturated heterocycles. The number of hydrogen-bond acceptors (Lipinski definition) is 2. The van der Waals surface area contributed by atoms with E-state index in [2.05, 4.69) is 80.8 Å². The molecule has 0 aromatic carbocycles. The molecule has 21 heavy (non-hydrogen) atoms. The fraction of sp³-hybridized carbons (Fsp3) is 0.500. The van der Waals surface area contributed by atoms with Crippen molar-refractivity contribution in [1.29, 1.82) is 0 Å². The Morgan fingerprint density at radius 2 is 2.14 bits per heavy atom. The largest absolute Gasteiger partial charge is 0.380 e. The Morgan fingerprint density at radius 3 is 2.76 bits per heavy atom. The number of hydrogen-bond donors (Lipinski definition) is 0. The van der Waals surface area contributed by atoms with Crippen LogP contribution >= 0.6 is 50.1 Å². The fourth-order valence-electron chi connectivity index (χ4n) is 1.90. The van der Waals surface area contributed by atoms with Crippen molar-refractivity contribution in [3.05, 3.63) is 25.5 Å². The Balaban J connectivity index is 2.15. The molecule has 2 aromatic heterocycles. The zero-order valence-corrected chi connectivity index (χ0v) is 18.1. The summed E-state index contributed by atoms with van der Waals surface area (Å²) in [5, 5.41) is 1.73. The number of aromatic nitrogens is 2. The fourth-order valence-corrected chi connectivity index (χ4v) is 4.06. The van der Waals surface area contributed by atoms with Crippen LogP contribution in [0.4, 0.5) is 0 Å². The van der Waals surface area contributed by atoms with Gasteiger partial charge in [-0.3, -0.25) is 0 Å². The van der Waals surface area contributed by atoms with Crippen molar-refractivity contribution in [3.63, 3.8) is 0 Å². The van der Waals surface area contributed by atoms with Gasteiger partial charge in [0.1, 0.15) is 5.65 Å². The number of pyridine rings is 1. The molecule has 0 radical (unpaired) electrons. The summed E-state index contributed by atoms with van der Waals surface area (Å²) in [6.07, 6.45) is 3.84. The molecule has 0 aliphatic carbocycles. The normalized spacial score (nSPS) is 13.9. The van der Waals surface area contributed by atoms with Crippen LogP contribution in [-0.2, 0) is 11.3 Å². The molecule has 0 fully saturated rings. The van der Waals surface area contributed by atoms with E-state index < -0.39 is 8.07 Å². The lowest BCUT2D eigenvalue weighted by Crippen LogP contribution is -2.38. The number of fused-ring (bicyclic) bond motifs is 1. The van der Waals surface area contributed by atoms with Crippen LogP contribution in [0.3, 0.4) is 0 Å². The molecule has 0 N–H and O–H groups in total. The van der Waals surface area contributed by atoms with Gasteiger partial charge >= 0.3 is 0 Å². The Labute approximate surface area is 153 Å². The maximum atomic E-state index is 6.36. The lowest BCUT2D eigenvalue weighted by atomic mass is 10.3. The van der Waals surface area contributed by atoms with E-state index in [-0.39, 0.29) is 0 Å². The third-order valence-corrected chi connectivity index (χ3v) is 8.30. The molecule has 1 atom stereocenters. The first-order chi connectivity index (χ1) is 9.71. The van der Waals surface area contributed by atoms with Gasteiger partial charge in [0.15, 0.2) is 0 Å². The summed E-state index contributed by atoms with van der Waals surface area (Å²) in [4.78, 5) is 4.49. The van der Waals surface area contributed by atoms with Crippen LogP contribution in [0.1, 0.15) is 6.92 Å². The van der Waals surface area contributed by atoms with Gasteiger partial charge in [-0.15, -0.1) is 0 Å². The molecule has 0 amide bonds. The topological polar surface area (TPSA) is 27.1 Å². The third-order valence-electron chi connectivity index (χ3n) is 3.65. The van der Waals surface area contributed by atoms with Crippen LogP contribution in [0.25, 0.3) is 11.0 Å². The summed E-state index contributed by atoms with van der Waals surface area (Å²) >= 11 is 12.1. The molecule has 3 nitrogen and oxygen atoms in total. The van der Waals surface area contributed by atoms with Gasteiger partial charge in [-0.1, -0.05) is 31.2 Å². The summed E-state index contributed by atoms with van der Waals surface area (Å²) in [6.45, 7) is 10.6. The summed E-state index contributed by atoms with van der Waals surface area (Å²) in [7, 11) is -1.24. The highest BCUT2D eigenvalue weighted by Gasteiger charge is 2.23. The lowest BCUT2D eigenvalue weighted by molar-refractivity contribution is 0.105. The first-order valence-corrected chi connectivity index (χ1v) is 12.6. The minimum Gasteiger partial charge on any atom is -0.380 e. The maximum Gasteiger partial charge on any atom is 0.142 e. The Hall–Kier alpha value is 0.367. The van der Waals surface area contributed by atoms with E-state index in [1.165, 1.54) is 0 Å². The summed E-state index contributed by atoms with van der Waals surface area (Å²) in [5.74, 6) is 0. The molecule has 0 saturated carbocycles. The second-order valence-electron chi connectivity index (χ2n) is 6.17. The van der Waals surface area contributed by atoms with E-state index in [0.29, 0.717) is 12.3 Å². The van der Waals surface area contributed by atoms with Gasteiger partial charge in [0, 0.05) is 28.2 Å². The number of halogens is 3. The molecule has 0 spiro atoms.